The van der Waals surface area contributed by atoms with E-state index in [0.717, 1.165) is 51.9 Å². The van der Waals surface area contributed by atoms with Gasteiger partial charge in [-0.3, -0.25) is 4.90 Å². The van der Waals surface area contributed by atoms with Crippen molar-refractivity contribution in [3.63, 3.8) is 0 Å². The van der Waals surface area contributed by atoms with E-state index in [2.05, 4.69) is 26.8 Å². The maximum atomic E-state index is 13.0. The SMILES string of the molecule is CN1CCN(C2CCC(n3nc(-c4ccc(S(=O)(=O)Oc5ccccc5)c(Cl)c4Cl)c4c(N)ncnc43)CC2)CC1. The van der Waals surface area contributed by atoms with Crippen LogP contribution < -0.4 is 9.92 Å². The fraction of sp³-hybridized carbons (Fsp3) is 0.393. The molecule has 0 spiro atoms. The van der Waals surface area contributed by atoms with Crippen molar-refractivity contribution >= 4 is 50.2 Å². The molecule has 2 aromatic heterocycles. The Morgan fingerprint density at radius 2 is 1.59 bits per heavy atom. The monoisotopic (exact) mass is 615 g/mol. The number of nitrogens with two attached hydrogens (primary N) is 1. The number of nitrogen functional groups attached to an aromatic ring is 1. The number of hydrogen-bond donors (Lipinski definition) is 1. The number of rotatable bonds is 6. The quantitative estimate of drug-likeness (QED) is 0.302. The van der Waals surface area contributed by atoms with E-state index in [9.17, 15) is 8.42 Å². The van der Waals surface area contributed by atoms with E-state index in [1.165, 1.54) is 12.4 Å². The molecule has 10 nitrogen and oxygen atoms in total. The average Bonchev–Trinajstić information content (AvgIpc) is 3.36. The van der Waals surface area contributed by atoms with Crippen LogP contribution in [0, 0.1) is 0 Å². The van der Waals surface area contributed by atoms with E-state index in [1.54, 1.807) is 36.4 Å². The first-order valence-electron chi connectivity index (χ1n) is 13.6. The fourth-order valence-electron chi connectivity index (χ4n) is 5.85. The molecule has 2 N–H and O–H groups in total. The third kappa shape index (κ3) is 5.49. The Balaban J connectivity index is 1.31. The highest BCUT2D eigenvalue weighted by molar-refractivity contribution is 7.87. The third-order valence-corrected chi connectivity index (χ3v) is 10.4. The summed E-state index contributed by atoms with van der Waals surface area (Å²) in [5, 5.41) is 5.37. The Hall–Kier alpha value is -2.96. The Bertz CT molecular complexity index is 1670. The summed E-state index contributed by atoms with van der Waals surface area (Å²) < 4.78 is 33.2. The Labute approximate surface area is 249 Å². The van der Waals surface area contributed by atoms with Gasteiger partial charge in [0, 0.05) is 37.8 Å². The van der Waals surface area contributed by atoms with Crippen molar-refractivity contribution in [1.82, 2.24) is 29.5 Å². The lowest BCUT2D eigenvalue weighted by Crippen LogP contribution is -2.49. The molecule has 0 unspecified atom stereocenters. The van der Waals surface area contributed by atoms with Gasteiger partial charge in [-0.1, -0.05) is 41.4 Å². The molecule has 0 radical (unpaired) electrons. The number of benzene rings is 2. The van der Waals surface area contributed by atoms with Gasteiger partial charge in [-0.2, -0.15) is 13.5 Å². The summed E-state index contributed by atoms with van der Waals surface area (Å²) in [4.78, 5) is 13.5. The van der Waals surface area contributed by atoms with Crippen molar-refractivity contribution < 1.29 is 12.6 Å². The molecule has 0 amide bonds. The first-order valence-corrected chi connectivity index (χ1v) is 15.8. The second-order valence-electron chi connectivity index (χ2n) is 10.6. The standard InChI is InChI=1S/C28H31Cl2N7O3S/c1-35-13-15-36(16-14-35)18-7-9-19(10-8-18)37-28-23(27(31)32-17-33-28)26(34-37)21-11-12-22(25(30)24(21)29)41(38,39)40-20-5-3-2-4-6-20/h2-6,11-12,17-19H,7-10,13-16H2,1H3,(H2,31,32,33). The number of fused-ring (bicyclic) bond motifs is 1. The number of piperazine rings is 1. The van der Waals surface area contributed by atoms with E-state index in [1.807, 2.05) is 4.68 Å². The molecule has 1 aliphatic carbocycles. The first-order chi connectivity index (χ1) is 19.7. The number of para-hydroxylation sites is 1. The molecule has 6 rings (SSSR count). The van der Waals surface area contributed by atoms with Gasteiger partial charge in [0.15, 0.2) is 5.65 Å². The van der Waals surface area contributed by atoms with Gasteiger partial charge < -0.3 is 14.8 Å². The predicted octanol–water partition coefficient (Wildman–Crippen LogP) is 4.88. The van der Waals surface area contributed by atoms with Gasteiger partial charge in [0.05, 0.1) is 21.5 Å². The zero-order chi connectivity index (χ0) is 28.7. The molecule has 0 atom stereocenters. The maximum absolute atomic E-state index is 13.0. The molecular weight excluding hydrogens is 585 g/mol. The van der Waals surface area contributed by atoms with E-state index in [0.29, 0.717) is 28.3 Å². The number of nitrogens with zero attached hydrogens (tertiary/aromatic N) is 6. The minimum absolute atomic E-state index is 0.0259. The van der Waals surface area contributed by atoms with Crippen molar-refractivity contribution in [2.45, 2.75) is 42.7 Å². The highest BCUT2D eigenvalue weighted by atomic mass is 35.5. The Morgan fingerprint density at radius 3 is 2.29 bits per heavy atom. The zero-order valence-corrected chi connectivity index (χ0v) is 24.9. The van der Waals surface area contributed by atoms with E-state index in [-0.39, 0.29) is 32.5 Å². The van der Waals surface area contributed by atoms with Crippen molar-refractivity contribution in [1.29, 1.82) is 0 Å². The van der Waals surface area contributed by atoms with Crippen LogP contribution in [0.2, 0.25) is 10.0 Å². The van der Waals surface area contributed by atoms with E-state index in [4.69, 9.17) is 38.2 Å². The number of anilines is 1. The van der Waals surface area contributed by atoms with Crippen LogP contribution in [0.4, 0.5) is 5.82 Å². The molecule has 4 aromatic rings. The second-order valence-corrected chi connectivity index (χ2v) is 12.9. The largest absolute Gasteiger partial charge is 0.383 e. The number of aromatic nitrogens is 4. The van der Waals surface area contributed by atoms with Crippen LogP contribution in [-0.2, 0) is 10.1 Å². The normalized spacial score (nSPS) is 20.9. The summed E-state index contributed by atoms with van der Waals surface area (Å²) in [5.74, 6) is 0.430. The smallest absolute Gasteiger partial charge is 0.340 e. The van der Waals surface area contributed by atoms with Gasteiger partial charge in [-0.05, 0) is 57.0 Å². The molecule has 13 heteroatoms. The molecule has 2 aromatic carbocycles. The molecule has 216 valence electrons. The van der Waals surface area contributed by atoms with E-state index >= 15 is 0 Å². The van der Waals surface area contributed by atoms with Crippen molar-refractivity contribution in [2.75, 3.05) is 39.0 Å². The summed E-state index contributed by atoms with van der Waals surface area (Å²) in [6, 6.07) is 11.8. The second kappa shape index (κ2) is 11.4. The van der Waals surface area contributed by atoms with Crippen LogP contribution in [0.1, 0.15) is 31.7 Å². The molecule has 1 aliphatic heterocycles. The predicted molar refractivity (Wildman–Crippen MR) is 160 cm³/mol. The Kier molecular flexibility index (Phi) is 7.82. The zero-order valence-electron chi connectivity index (χ0n) is 22.6. The summed E-state index contributed by atoms with van der Waals surface area (Å²) in [6.45, 7) is 4.41. The lowest BCUT2D eigenvalue weighted by atomic mass is 9.90. The molecular formula is C28H31Cl2N7O3S. The van der Waals surface area contributed by atoms with Crippen LogP contribution in [-0.4, -0.2) is 77.2 Å². The molecule has 41 heavy (non-hydrogen) atoms. The molecule has 3 heterocycles. The van der Waals surface area contributed by atoms with Crippen molar-refractivity contribution in [3.8, 4) is 17.0 Å². The van der Waals surface area contributed by atoms with Gasteiger partial charge in [0.25, 0.3) is 0 Å². The topological polar surface area (TPSA) is 119 Å². The average molecular weight is 617 g/mol. The van der Waals surface area contributed by atoms with Gasteiger partial charge in [0.2, 0.25) is 0 Å². The fourth-order valence-corrected chi connectivity index (χ4v) is 7.62. The molecule has 0 bridgehead atoms. The van der Waals surface area contributed by atoms with Gasteiger partial charge in [-0.25, -0.2) is 14.6 Å². The van der Waals surface area contributed by atoms with Crippen LogP contribution in [0.15, 0.2) is 53.7 Å². The highest BCUT2D eigenvalue weighted by Crippen LogP contribution is 2.42. The Morgan fingerprint density at radius 1 is 0.902 bits per heavy atom. The third-order valence-electron chi connectivity index (χ3n) is 8.10. The maximum Gasteiger partial charge on any atom is 0.340 e. The lowest BCUT2D eigenvalue weighted by molar-refractivity contribution is 0.0815. The van der Waals surface area contributed by atoms with Crippen LogP contribution >= 0.6 is 23.2 Å². The van der Waals surface area contributed by atoms with Crippen molar-refractivity contribution in [3.05, 3.63) is 58.8 Å². The molecule has 2 aliphatic rings. The summed E-state index contributed by atoms with van der Waals surface area (Å²) >= 11 is 13.3. The van der Waals surface area contributed by atoms with Gasteiger partial charge in [-0.15, -0.1) is 0 Å². The molecule has 2 fully saturated rings. The summed E-state index contributed by atoms with van der Waals surface area (Å²) in [7, 11) is -2.07. The minimum atomic E-state index is -4.24. The first kappa shape index (κ1) is 28.2. The van der Waals surface area contributed by atoms with E-state index < -0.39 is 10.1 Å². The summed E-state index contributed by atoms with van der Waals surface area (Å²) in [5.41, 5.74) is 7.85. The van der Waals surface area contributed by atoms with Crippen LogP contribution in [0.5, 0.6) is 5.75 Å². The number of likely N-dealkylation sites (N-methyl/N-ethyl adjacent to an activating group) is 1. The summed E-state index contributed by atoms with van der Waals surface area (Å²) in [6.07, 6.45) is 5.50. The van der Waals surface area contributed by atoms with Crippen LogP contribution in [0.3, 0.4) is 0 Å². The lowest BCUT2D eigenvalue weighted by Gasteiger charge is -2.41. The van der Waals surface area contributed by atoms with Gasteiger partial charge in [0.1, 0.15) is 28.5 Å². The van der Waals surface area contributed by atoms with Crippen molar-refractivity contribution in [2.24, 2.45) is 0 Å². The molecule has 1 saturated carbocycles. The van der Waals surface area contributed by atoms with Crippen LogP contribution in [0.25, 0.3) is 22.3 Å². The number of hydrogen-bond acceptors (Lipinski definition) is 9. The van der Waals surface area contributed by atoms with Gasteiger partial charge >= 0.3 is 10.1 Å². The minimum Gasteiger partial charge on any atom is -0.383 e. The molecule has 1 saturated heterocycles. The highest BCUT2D eigenvalue weighted by Gasteiger charge is 2.32. The number of halogens is 2.